The number of carbonyl (C=O) groups is 1. The summed E-state index contributed by atoms with van der Waals surface area (Å²) < 4.78 is 5.76. The lowest BCUT2D eigenvalue weighted by Crippen LogP contribution is -2.33. The van der Waals surface area contributed by atoms with Crippen molar-refractivity contribution in [2.45, 2.75) is 13.0 Å². The fourth-order valence-electron chi connectivity index (χ4n) is 2.99. The van der Waals surface area contributed by atoms with Crippen LogP contribution in [-0.4, -0.2) is 23.2 Å². The summed E-state index contributed by atoms with van der Waals surface area (Å²) in [5, 5.41) is 7.27. The van der Waals surface area contributed by atoms with E-state index in [1.165, 1.54) is 0 Å². The number of benzene rings is 3. The molecule has 4 rings (SSSR count). The summed E-state index contributed by atoms with van der Waals surface area (Å²) in [7, 11) is 0. The highest BCUT2D eigenvalue weighted by Gasteiger charge is 2.14. The lowest BCUT2D eigenvalue weighted by molar-refractivity contribution is -0.127. The Morgan fingerprint density at radius 3 is 2.68 bits per heavy atom. The Bertz CT molecular complexity index is 1170. The summed E-state index contributed by atoms with van der Waals surface area (Å²) in [6.45, 7) is 1.69. The summed E-state index contributed by atoms with van der Waals surface area (Å²) in [5.74, 6) is 0.321. The molecule has 1 atom stereocenters. The molecule has 1 N–H and O–H groups in total. The molecule has 0 saturated heterocycles. The second-order valence-corrected chi connectivity index (χ2v) is 6.43. The van der Waals surface area contributed by atoms with Crippen LogP contribution in [0, 0.1) is 0 Å². The minimum Gasteiger partial charge on any atom is -0.481 e. The van der Waals surface area contributed by atoms with E-state index in [0.29, 0.717) is 5.75 Å². The molecule has 3 aromatic carbocycles. The molecule has 0 spiro atoms. The van der Waals surface area contributed by atoms with Gasteiger partial charge in [-0.1, -0.05) is 54.6 Å². The van der Waals surface area contributed by atoms with Crippen molar-refractivity contribution in [1.82, 2.24) is 10.4 Å². The Kier molecular flexibility index (Phi) is 4.97. The zero-order chi connectivity index (χ0) is 19.3. The summed E-state index contributed by atoms with van der Waals surface area (Å²) in [4.78, 5) is 16.7. The largest absolute Gasteiger partial charge is 0.481 e. The molecule has 0 aliphatic heterocycles. The van der Waals surface area contributed by atoms with E-state index in [9.17, 15) is 4.79 Å². The number of nitrogens with zero attached hydrogens (tertiary/aromatic N) is 2. The zero-order valence-corrected chi connectivity index (χ0v) is 15.4. The zero-order valence-electron chi connectivity index (χ0n) is 15.4. The maximum atomic E-state index is 12.3. The van der Waals surface area contributed by atoms with Gasteiger partial charge in [-0.3, -0.25) is 9.78 Å². The first-order chi connectivity index (χ1) is 13.7. The van der Waals surface area contributed by atoms with Gasteiger partial charge >= 0.3 is 0 Å². The second-order valence-electron chi connectivity index (χ2n) is 6.43. The smallest absolute Gasteiger partial charge is 0.280 e. The Balaban J connectivity index is 1.41. The first-order valence-corrected chi connectivity index (χ1v) is 9.03. The summed E-state index contributed by atoms with van der Waals surface area (Å²) in [6.07, 6.45) is 2.65. The standard InChI is InChI=1S/C23H19N3O2/c1-16(28-21-12-11-17-6-2-3-7-19(17)14-21)23(27)26-25-15-20-9-4-8-18-10-5-13-24-22(18)20/h2-16H,1H3,(H,26,27). The van der Waals surface area contributed by atoms with Crippen LogP contribution in [0.4, 0.5) is 0 Å². The molecule has 5 heteroatoms. The van der Waals surface area contributed by atoms with Gasteiger partial charge in [-0.2, -0.15) is 5.10 Å². The third kappa shape index (κ3) is 3.83. The molecule has 0 radical (unpaired) electrons. The van der Waals surface area contributed by atoms with Crippen LogP contribution in [0.5, 0.6) is 5.75 Å². The van der Waals surface area contributed by atoms with Crippen molar-refractivity contribution in [3.8, 4) is 5.75 Å². The number of rotatable bonds is 5. The first-order valence-electron chi connectivity index (χ1n) is 9.03. The number of pyridine rings is 1. The Hall–Kier alpha value is -3.73. The van der Waals surface area contributed by atoms with E-state index in [-0.39, 0.29) is 5.91 Å². The number of hydrazone groups is 1. The van der Waals surface area contributed by atoms with Gasteiger partial charge in [0, 0.05) is 17.1 Å². The van der Waals surface area contributed by atoms with E-state index >= 15 is 0 Å². The van der Waals surface area contributed by atoms with E-state index in [1.54, 1.807) is 19.3 Å². The Labute approximate surface area is 162 Å². The van der Waals surface area contributed by atoms with Crippen LogP contribution in [0.1, 0.15) is 12.5 Å². The van der Waals surface area contributed by atoms with Crippen molar-refractivity contribution < 1.29 is 9.53 Å². The fourth-order valence-corrected chi connectivity index (χ4v) is 2.99. The molecular formula is C23H19N3O2. The molecule has 1 heterocycles. The van der Waals surface area contributed by atoms with Crippen LogP contribution in [0.25, 0.3) is 21.7 Å². The lowest BCUT2D eigenvalue weighted by atomic mass is 10.1. The lowest BCUT2D eigenvalue weighted by Gasteiger charge is -2.13. The number of para-hydroxylation sites is 1. The SMILES string of the molecule is CC(Oc1ccc2ccccc2c1)C(=O)NN=Cc1cccc2cccnc12. The number of ether oxygens (including phenoxy) is 1. The van der Waals surface area contributed by atoms with Crippen molar-refractivity contribution in [3.05, 3.63) is 84.6 Å². The highest BCUT2D eigenvalue weighted by molar-refractivity contribution is 5.97. The highest BCUT2D eigenvalue weighted by atomic mass is 16.5. The van der Waals surface area contributed by atoms with Gasteiger partial charge in [-0.25, -0.2) is 5.43 Å². The quantitative estimate of drug-likeness (QED) is 0.421. The molecule has 0 aliphatic carbocycles. The molecule has 0 bridgehead atoms. The normalized spacial score (nSPS) is 12.3. The molecule has 0 fully saturated rings. The molecule has 138 valence electrons. The third-order valence-electron chi connectivity index (χ3n) is 4.45. The van der Waals surface area contributed by atoms with Crippen molar-refractivity contribution in [2.75, 3.05) is 0 Å². The fraction of sp³-hybridized carbons (Fsp3) is 0.0870. The molecule has 0 aliphatic rings. The van der Waals surface area contributed by atoms with Gasteiger partial charge < -0.3 is 4.74 Å². The molecule has 1 unspecified atom stereocenters. The van der Waals surface area contributed by atoms with Crippen LogP contribution in [0.15, 0.2) is 84.1 Å². The Morgan fingerprint density at radius 1 is 1.00 bits per heavy atom. The molecule has 4 aromatic rings. The van der Waals surface area contributed by atoms with Crippen LogP contribution >= 0.6 is 0 Å². The van der Waals surface area contributed by atoms with Crippen molar-refractivity contribution >= 4 is 33.8 Å². The average molecular weight is 369 g/mol. The average Bonchev–Trinajstić information content (AvgIpc) is 2.73. The minimum atomic E-state index is -0.677. The van der Waals surface area contributed by atoms with Crippen molar-refractivity contribution in [1.29, 1.82) is 0 Å². The van der Waals surface area contributed by atoms with E-state index in [0.717, 1.165) is 27.2 Å². The van der Waals surface area contributed by atoms with Gasteiger partial charge in [0.15, 0.2) is 6.10 Å². The van der Waals surface area contributed by atoms with Crippen molar-refractivity contribution in [3.63, 3.8) is 0 Å². The number of carbonyl (C=O) groups excluding carboxylic acids is 1. The summed E-state index contributed by atoms with van der Waals surface area (Å²) in [5.41, 5.74) is 4.20. The number of hydrogen-bond acceptors (Lipinski definition) is 4. The molecule has 28 heavy (non-hydrogen) atoms. The first kappa shape index (κ1) is 17.7. The van der Waals surface area contributed by atoms with Gasteiger partial charge in [0.25, 0.3) is 5.91 Å². The summed E-state index contributed by atoms with van der Waals surface area (Å²) >= 11 is 0. The summed E-state index contributed by atoms with van der Waals surface area (Å²) in [6, 6.07) is 23.4. The van der Waals surface area contributed by atoms with Gasteiger partial charge in [0.05, 0.1) is 11.7 Å². The van der Waals surface area contributed by atoms with Crippen LogP contribution in [-0.2, 0) is 4.79 Å². The molecular weight excluding hydrogens is 350 g/mol. The van der Waals surface area contributed by atoms with Crippen molar-refractivity contribution in [2.24, 2.45) is 5.10 Å². The number of hydrogen-bond donors (Lipinski definition) is 1. The molecule has 1 aromatic heterocycles. The number of nitrogens with one attached hydrogen (secondary N) is 1. The maximum Gasteiger partial charge on any atom is 0.280 e. The second kappa shape index (κ2) is 7.88. The predicted molar refractivity (Wildman–Crippen MR) is 112 cm³/mol. The van der Waals surface area contributed by atoms with Gasteiger partial charge in [0.1, 0.15) is 5.75 Å². The van der Waals surface area contributed by atoms with E-state index in [2.05, 4.69) is 15.5 Å². The van der Waals surface area contributed by atoms with Crippen LogP contribution in [0.3, 0.4) is 0 Å². The molecule has 0 saturated carbocycles. The number of fused-ring (bicyclic) bond motifs is 2. The number of amides is 1. The van der Waals surface area contributed by atoms with Gasteiger partial charge in [-0.15, -0.1) is 0 Å². The minimum absolute atomic E-state index is 0.322. The van der Waals surface area contributed by atoms with E-state index < -0.39 is 6.10 Å². The van der Waals surface area contributed by atoms with E-state index in [4.69, 9.17) is 4.74 Å². The molecule has 1 amide bonds. The van der Waals surface area contributed by atoms with Crippen LogP contribution in [0.2, 0.25) is 0 Å². The van der Waals surface area contributed by atoms with Gasteiger partial charge in [0.2, 0.25) is 0 Å². The highest BCUT2D eigenvalue weighted by Crippen LogP contribution is 2.21. The topological polar surface area (TPSA) is 63.6 Å². The van der Waals surface area contributed by atoms with Gasteiger partial charge in [-0.05, 0) is 35.9 Å². The Morgan fingerprint density at radius 2 is 1.79 bits per heavy atom. The monoisotopic (exact) mass is 369 g/mol. The predicted octanol–water partition coefficient (Wildman–Crippen LogP) is 4.31. The maximum absolute atomic E-state index is 12.3. The third-order valence-corrected chi connectivity index (χ3v) is 4.45. The number of aromatic nitrogens is 1. The van der Waals surface area contributed by atoms with E-state index in [1.807, 2.05) is 72.8 Å². The van der Waals surface area contributed by atoms with Crippen LogP contribution < -0.4 is 10.2 Å². The molecule has 5 nitrogen and oxygen atoms in total.